The molecule has 3 rings (SSSR count). The van der Waals surface area contributed by atoms with Crippen molar-refractivity contribution < 1.29 is 9.59 Å². The van der Waals surface area contributed by atoms with E-state index in [9.17, 15) is 9.59 Å². The van der Waals surface area contributed by atoms with Crippen LogP contribution in [0, 0.1) is 6.92 Å². The van der Waals surface area contributed by atoms with Crippen LogP contribution in [0.4, 0.5) is 0 Å². The van der Waals surface area contributed by atoms with E-state index in [1.54, 1.807) is 6.07 Å². The molecule has 2 aromatic rings. The molecule has 1 atom stereocenters. The number of aryl methyl sites for hydroxylation is 2. The zero-order valence-corrected chi connectivity index (χ0v) is 15.2. The number of rotatable bonds is 5. The van der Waals surface area contributed by atoms with Crippen LogP contribution in [0.2, 0.25) is 0 Å². The van der Waals surface area contributed by atoms with Crippen LogP contribution < -0.4 is 10.6 Å². The third-order valence-electron chi connectivity index (χ3n) is 4.39. The van der Waals surface area contributed by atoms with Crippen molar-refractivity contribution in [1.29, 1.82) is 0 Å². The molecule has 6 heteroatoms. The Morgan fingerprint density at radius 1 is 1.31 bits per heavy atom. The highest BCUT2D eigenvalue weighted by molar-refractivity contribution is 5.98. The summed E-state index contributed by atoms with van der Waals surface area (Å²) in [6.45, 7) is 4.72. The van der Waals surface area contributed by atoms with E-state index in [4.69, 9.17) is 0 Å². The zero-order valence-electron chi connectivity index (χ0n) is 15.2. The smallest absolute Gasteiger partial charge is 0.251 e. The first-order valence-corrected chi connectivity index (χ1v) is 9.10. The maximum atomic E-state index is 12.6. The van der Waals surface area contributed by atoms with E-state index in [-0.39, 0.29) is 11.8 Å². The third-order valence-corrected chi connectivity index (χ3v) is 4.39. The number of benzene rings is 1. The van der Waals surface area contributed by atoms with Gasteiger partial charge in [0.2, 0.25) is 5.91 Å². The van der Waals surface area contributed by atoms with Crippen molar-refractivity contribution in [3.05, 3.63) is 47.4 Å². The second-order valence-electron chi connectivity index (χ2n) is 6.60. The zero-order chi connectivity index (χ0) is 18.5. The molecule has 136 valence electrons. The van der Waals surface area contributed by atoms with Gasteiger partial charge in [0, 0.05) is 29.8 Å². The summed E-state index contributed by atoms with van der Waals surface area (Å²) in [4.78, 5) is 33.5. The summed E-state index contributed by atoms with van der Waals surface area (Å²) < 4.78 is 0. The molecular weight excluding hydrogens is 328 g/mol. The van der Waals surface area contributed by atoms with Gasteiger partial charge in [0.25, 0.3) is 5.91 Å². The predicted molar refractivity (Wildman–Crippen MR) is 99.7 cm³/mol. The molecule has 1 aliphatic heterocycles. The van der Waals surface area contributed by atoms with Gasteiger partial charge < -0.3 is 10.6 Å². The molecule has 1 fully saturated rings. The minimum absolute atomic E-state index is 0.114. The van der Waals surface area contributed by atoms with E-state index in [1.165, 1.54) is 0 Å². The van der Waals surface area contributed by atoms with Gasteiger partial charge in [-0.2, -0.15) is 0 Å². The van der Waals surface area contributed by atoms with Crippen molar-refractivity contribution in [2.75, 3.05) is 6.54 Å². The fourth-order valence-electron chi connectivity index (χ4n) is 3.08. The summed E-state index contributed by atoms with van der Waals surface area (Å²) in [5, 5.41) is 5.60. The first-order chi connectivity index (χ1) is 12.6. The van der Waals surface area contributed by atoms with Crippen molar-refractivity contribution >= 4 is 11.8 Å². The summed E-state index contributed by atoms with van der Waals surface area (Å²) in [7, 11) is 0. The molecule has 0 aliphatic carbocycles. The van der Waals surface area contributed by atoms with E-state index < -0.39 is 6.04 Å². The lowest BCUT2D eigenvalue weighted by atomic mass is 10.0. The first kappa shape index (κ1) is 18.0. The van der Waals surface area contributed by atoms with Crippen LogP contribution in [0.3, 0.4) is 0 Å². The SMILES string of the molecule is CCCc1nc(C)cc(-c2cccc(C(=O)NC3CCCNC3=O)c2)n1. The number of nitrogens with one attached hydrogen (secondary N) is 2. The van der Waals surface area contributed by atoms with Crippen LogP contribution in [0.5, 0.6) is 0 Å². The van der Waals surface area contributed by atoms with Gasteiger partial charge in [-0.05, 0) is 44.4 Å². The number of carbonyl (C=O) groups is 2. The lowest BCUT2D eigenvalue weighted by Crippen LogP contribution is -2.50. The maximum Gasteiger partial charge on any atom is 0.251 e. The van der Waals surface area contributed by atoms with E-state index in [2.05, 4.69) is 27.5 Å². The molecule has 0 spiro atoms. The lowest BCUT2D eigenvalue weighted by Gasteiger charge is -2.22. The molecule has 2 heterocycles. The number of piperidine rings is 1. The van der Waals surface area contributed by atoms with Gasteiger partial charge in [0.05, 0.1) is 5.69 Å². The number of amides is 2. The highest BCUT2D eigenvalue weighted by Crippen LogP contribution is 2.20. The second kappa shape index (κ2) is 8.08. The average molecular weight is 352 g/mol. The highest BCUT2D eigenvalue weighted by atomic mass is 16.2. The Hall–Kier alpha value is -2.76. The third kappa shape index (κ3) is 4.25. The molecule has 0 radical (unpaired) electrons. The summed E-state index contributed by atoms with van der Waals surface area (Å²) in [5.74, 6) is 0.459. The molecule has 2 amide bonds. The monoisotopic (exact) mass is 352 g/mol. The summed E-state index contributed by atoms with van der Waals surface area (Å²) in [6.07, 6.45) is 3.35. The molecule has 1 aromatic heterocycles. The number of hydrogen-bond acceptors (Lipinski definition) is 4. The number of aromatic nitrogens is 2. The van der Waals surface area contributed by atoms with Crippen LogP contribution in [-0.4, -0.2) is 34.4 Å². The largest absolute Gasteiger partial charge is 0.354 e. The number of carbonyl (C=O) groups excluding carboxylic acids is 2. The van der Waals surface area contributed by atoms with E-state index in [0.29, 0.717) is 18.5 Å². The molecule has 1 aliphatic rings. The minimum atomic E-state index is -0.461. The number of hydrogen-bond donors (Lipinski definition) is 2. The van der Waals surface area contributed by atoms with E-state index >= 15 is 0 Å². The van der Waals surface area contributed by atoms with E-state index in [1.807, 2.05) is 31.2 Å². The van der Waals surface area contributed by atoms with Crippen LogP contribution in [-0.2, 0) is 11.2 Å². The lowest BCUT2D eigenvalue weighted by molar-refractivity contribution is -0.124. The molecule has 0 bridgehead atoms. The summed E-state index contributed by atoms with van der Waals surface area (Å²) in [5.41, 5.74) is 3.11. The standard InChI is InChI=1S/C20H24N4O2/c1-3-6-18-22-13(2)11-17(23-18)14-7-4-8-15(12-14)19(25)24-16-9-5-10-21-20(16)26/h4,7-8,11-12,16H,3,5-6,9-10H2,1-2H3,(H,21,26)(H,24,25). The van der Waals surface area contributed by atoms with Crippen LogP contribution in [0.15, 0.2) is 30.3 Å². The Balaban J connectivity index is 1.81. The molecular formula is C20H24N4O2. The molecule has 2 N–H and O–H groups in total. The van der Waals surface area contributed by atoms with Crippen molar-refractivity contribution in [1.82, 2.24) is 20.6 Å². The van der Waals surface area contributed by atoms with Crippen molar-refractivity contribution in [2.24, 2.45) is 0 Å². The van der Waals surface area contributed by atoms with Crippen molar-refractivity contribution in [3.63, 3.8) is 0 Å². The fourth-order valence-corrected chi connectivity index (χ4v) is 3.08. The fraction of sp³-hybridized carbons (Fsp3) is 0.400. The summed E-state index contributed by atoms with van der Waals surface area (Å²) in [6, 6.07) is 8.79. The molecule has 26 heavy (non-hydrogen) atoms. The Labute approximate surface area is 153 Å². The van der Waals surface area contributed by atoms with Crippen LogP contribution in [0.25, 0.3) is 11.3 Å². The van der Waals surface area contributed by atoms with Gasteiger partial charge in [-0.25, -0.2) is 9.97 Å². The average Bonchev–Trinajstić information content (AvgIpc) is 2.63. The van der Waals surface area contributed by atoms with E-state index in [0.717, 1.165) is 42.0 Å². The predicted octanol–water partition coefficient (Wildman–Crippen LogP) is 2.41. The Bertz CT molecular complexity index is 819. The van der Waals surface area contributed by atoms with Gasteiger partial charge in [-0.15, -0.1) is 0 Å². The van der Waals surface area contributed by atoms with Gasteiger partial charge in [-0.3, -0.25) is 9.59 Å². The van der Waals surface area contributed by atoms with Gasteiger partial charge in [0.1, 0.15) is 11.9 Å². The molecule has 0 saturated carbocycles. The topological polar surface area (TPSA) is 84.0 Å². The maximum absolute atomic E-state index is 12.6. The van der Waals surface area contributed by atoms with Gasteiger partial charge in [0.15, 0.2) is 0 Å². The van der Waals surface area contributed by atoms with Gasteiger partial charge in [-0.1, -0.05) is 19.1 Å². The van der Waals surface area contributed by atoms with Crippen LogP contribution in [0.1, 0.15) is 48.1 Å². The molecule has 1 unspecified atom stereocenters. The second-order valence-corrected chi connectivity index (χ2v) is 6.60. The first-order valence-electron chi connectivity index (χ1n) is 9.10. The minimum Gasteiger partial charge on any atom is -0.354 e. The quantitative estimate of drug-likeness (QED) is 0.865. The van der Waals surface area contributed by atoms with Crippen molar-refractivity contribution in [3.8, 4) is 11.3 Å². The Morgan fingerprint density at radius 3 is 2.92 bits per heavy atom. The molecule has 6 nitrogen and oxygen atoms in total. The molecule has 1 aromatic carbocycles. The highest BCUT2D eigenvalue weighted by Gasteiger charge is 2.24. The van der Waals surface area contributed by atoms with Crippen molar-refractivity contribution in [2.45, 2.75) is 45.6 Å². The molecule has 1 saturated heterocycles. The Morgan fingerprint density at radius 2 is 2.15 bits per heavy atom. The summed E-state index contributed by atoms with van der Waals surface area (Å²) >= 11 is 0. The van der Waals surface area contributed by atoms with Gasteiger partial charge >= 0.3 is 0 Å². The number of nitrogens with zero attached hydrogens (tertiary/aromatic N) is 2. The normalized spacial score (nSPS) is 16.8. The van der Waals surface area contributed by atoms with Crippen LogP contribution >= 0.6 is 0 Å². The Kier molecular flexibility index (Phi) is 5.61.